The average Bonchev–Trinajstić information content (AvgIpc) is 3.37. The predicted octanol–water partition coefficient (Wildman–Crippen LogP) is 1.50. The summed E-state index contributed by atoms with van der Waals surface area (Å²) in [5.41, 5.74) is 2.35. The van der Waals surface area contributed by atoms with Gasteiger partial charge in [-0.3, -0.25) is 24.5 Å². The Hall–Kier alpha value is -2.70. The molecule has 4 atom stereocenters. The Morgan fingerprint density at radius 3 is 2.59 bits per heavy atom. The van der Waals surface area contributed by atoms with Crippen LogP contribution in [0.15, 0.2) is 18.2 Å². The molecule has 4 aliphatic rings. The third-order valence-electron chi connectivity index (χ3n) is 7.02. The molecular weight excluding hydrogens is 370 g/mol. The highest BCUT2D eigenvalue weighted by molar-refractivity contribution is 6.05. The van der Waals surface area contributed by atoms with Gasteiger partial charge in [0.1, 0.15) is 6.04 Å². The van der Waals surface area contributed by atoms with Gasteiger partial charge in [-0.15, -0.1) is 0 Å². The molecule has 2 aliphatic heterocycles. The second-order valence-electron chi connectivity index (χ2n) is 8.75. The smallest absolute Gasteiger partial charge is 0.255 e. The number of fused-ring (bicyclic) bond motifs is 2. The van der Waals surface area contributed by atoms with Crippen LogP contribution < -0.4 is 10.6 Å². The summed E-state index contributed by atoms with van der Waals surface area (Å²) in [6.45, 7) is 0.784. The molecule has 2 aliphatic carbocycles. The molecule has 5 rings (SSSR count). The molecule has 2 saturated carbocycles. The van der Waals surface area contributed by atoms with E-state index < -0.39 is 11.9 Å². The zero-order valence-corrected chi connectivity index (χ0v) is 16.3. The van der Waals surface area contributed by atoms with E-state index in [2.05, 4.69) is 10.6 Å². The van der Waals surface area contributed by atoms with Crippen LogP contribution in [0.25, 0.3) is 0 Å². The standard InChI is InChI=1S/C22H25N3O4/c26-18-8-7-17(20(27)24-18)25-11-13-6-5-12(9-16(13)22(25)29)10-23-21(28)19-14-3-1-2-4-15(14)19/h5-6,9,14-15,17,19H,1-4,7-8,10-11H2,(H,23,28)(H,24,26,27)/t14-,15+,17?,19?. The minimum atomic E-state index is -0.603. The second-order valence-corrected chi connectivity index (χ2v) is 8.75. The number of carbonyl (C=O) groups excluding carboxylic acids is 4. The van der Waals surface area contributed by atoms with Crippen molar-refractivity contribution in [2.45, 2.75) is 57.7 Å². The molecule has 3 fully saturated rings. The van der Waals surface area contributed by atoms with Gasteiger partial charge in [-0.25, -0.2) is 0 Å². The third kappa shape index (κ3) is 3.22. The highest BCUT2D eigenvalue weighted by Crippen LogP contribution is 2.55. The van der Waals surface area contributed by atoms with Gasteiger partial charge in [-0.05, 0) is 48.3 Å². The van der Waals surface area contributed by atoms with E-state index in [9.17, 15) is 19.2 Å². The number of amides is 4. The van der Waals surface area contributed by atoms with Gasteiger partial charge in [0.2, 0.25) is 17.7 Å². The summed E-state index contributed by atoms with van der Waals surface area (Å²) in [5, 5.41) is 5.36. The Morgan fingerprint density at radius 1 is 1.10 bits per heavy atom. The number of imide groups is 1. The van der Waals surface area contributed by atoms with Crippen molar-refractivity contribution in [1.29, 1.82) is 0 Å². The van der Waals surface area contributed by atoms with Crippen LogP contribution in [0.4, 0.5) is 0 Å². The fourth-order valence-electron chi connectivity index (χ4n) is 5.40. The van der Waals surface area contributed by atoms with Gasteiger partial charge in [-0.2, -0.15) is 0 Å². The summed E-state index contributed by atoms with van der Waals surface area (Å²) in [7, 11) is 0. The lowest BCUT2D eigenvalue weighted by Gasteiger charge is -2.29. The first-order chi connectivity index (χ1) is 14.0. The molecule has 29 heavy (non-hydrogen) atoms. The molecule has 1 saturated heterocycles. The number of piperidine rings is 1. The number of benzene rings is 1. The summed E-state index contributed by atoms with van der Waals surface area (Å²) in [6, 6.07) is 5.05. The van der Waals surface area contributed by atoms with Crippen molar-refractivity contribution in [3.63, 3.8) is 0 Å². The minimum absolute atomic E-state index is 0.138. The van der Waals surface area contributed by atoms with E-state index in [1.54, 1.807) is 4.90 Å². The Bertz CT molecular complexity index is 899. The molecule has 2 N–H and O–H groups in total. The molecule has 152 valence electrons. The van der Waals surface area contributed by atoms with Gasteiger partial charge in [-0.1, -0.05) is 25.0 Å². The normalized spacial score (nSPS) is 30.5. The van der Waals surface area contributed by atoms with E-state index in [0.29, 0.717) is 36.9 Å². The van der Waals surface area contributed by atoms with Crippen LogP contribution in [-0.2, 0) is 27.5 Å². The van der Waals surface area contributed by atoms with Crippen LogP contribution in [0.1, 0.15) is 60.0 Å². The highest BCUT2D eigenvalue weighted by atomic mass is 16.2. The van der Waals surface area contributed by atoms with Crippen molar-refractivity contribution in [2.24, 2.45) is 17.8 Å². The molecule has 0 radical (unpaired) electrons. The highest BCUT2D eigenvalue weighted by Gasteiger charge is 2.54. The maximum atomic E-state index is 12.9. The molecule has 1 aromatic rings. The van der Waals surface area contributed by atoms with Crippen LogP contribution in [0.2, 0.25) is 0 Å². The Morgan fingerprint density at radius 2 is 1.86 bits per heavy atom. The zero-order valence-electron chi connectivity index (χ0n) is 16.3. The largest absolute Gasteiger partial charge is 0.352 e. The molecule has 4 amide bonds. The Balaban J connectivity index is 1.23. The summed E-state index contributed by atoms with van der Waals surface area (Å²) < 4.78 is 0. The van der Waals surface area contributed by atoms with E-state index in [1.165, 1.54) is 25.7 Å². The SMILES string of the molecule is O=C1CCC(N2Cc3ccc(CNC(=O)C4[C@H]5CCCC[C@@H]45)cc3C2=O)C(=O)N1. The van der Waals surface area contributed by atoms with Gasteiger partial charge in [0.25, 0.3) is 5.91 Å². The molecular formula is C22H25N3O4. The number of carbonyl (C=O) groups is 4. The molecule has 1 aromatic carbocycles. The molecule has 0 bridgehead atoms. The van der Waals surface area contributed by atoms with Crippen LogP contribution in [0.5, 0.6) is 0 Å². The minimum Gasteiger partial charge on any atom is -0.352 e. The summed E-state index contributed by atoms with van der Waals surface area (Å²) >= 11 is 0. The maximum absolute atomic E-state index is 12.9. The van der Waals surface area contributed by atoms with Gasteiger partial charge >= 0.3 is 0 Å². The summed E-state index contributed by atoms with van der Waals surface area (Å²) in [5.74, 6) is 0.593. The van der Waals surface area contributed by atoms with E-state index in [-0.39, 0.29) is 30.1 Å². The number of hydrogen-bond donors (Lipinski definition) is 2. The lowest BCUT2D eigenvalue weighted by molar-refractivity contribution is -0.137. The lowest BCUT2D eigenvalue weighted by atomic mass is 10.0. The summed E-state index contributed by atoms with van der Waals surface area (Å²) in [6.07, 6.45) is 5.43. The zero-order chi connectivity index (χ0) is 20.1. The van der Waals surface area contributed by atoms with Crippen LogP contribution in [0, 0.1) is 17.8 Å². The van der Waals surface area contributed by atoms with E-state index in [0.717, 1.165) is 11.1 Å². The fourth-order valence-corrected chi connectivity index (χ4v) is 5.40. The van der Waals surface area contributed by atoms with Gasteiger partial charge in [0.05, 0.1) is 0 Å². The second kappa shape index (κ2) is 6.97. The topological polar surface area (TPSA) is 95.6 Å². The van der Waals surface area contributed by atoms with Crippen molar-refractivity contribution < 1.29 is 19.2 Å². The van der Waals surface area contributed by atoms with E-state index in [1.807, 2.05) is 18.2 Å². The van der Waals surface area contributed by atoms with E-state index >= 15 is 0 Å². The number of rotatable bonds is 4. The average molecular weight is 395 g/mol. The van der Waals surface area contributed by atoms with Gasteiger partial charge in [0.15, 0.2) is 0 Å². The van der Waals surface area contributed by atoms with E-state index in [4.69, 9.17) is 0 Å². The van der Waals surface area contributed by atoms with Crippen molar-refractivity contribution in [3.05, 3.63) is 34.9 Å². The van der Waals surface area contributed by atoms with Crippen LogP contribution >= 0.6 is 0 Å². The quantitative estimate of drug-likeness (QED) is 0.756. The Labute approximate surface area is 169 Å². The molecule has 2 heterocycles. The van der Waals surface area contributed by atoms with Gasteiger partial charge < -0.3 is 10.2 Å². The van der Waals surface area contributed by atoms with Crippen molar-refractivity contribution in [2.75, 3.05) is 0 Å². The monoisotopic (exact) mass is 395 g/mol. The van der Waals surface area contributed by atoms with Gasteiger partial charge in [0, 0.05) is 31.0 Å². The predicted molar refractivity (Wildman–Crippen MR) is 103 cm³/mol. The van der Waals surface area contributed by atoms with Crippen molar-refractivity contribution in [3.8, 4) is 0 Å². The number of hydrogen-bond acceptors (Lipinski definition) is 4. The van der Waals surface area contributed by atoms with Crippen molar-refractivity contribution >= 4 is 23.6 Å². The number of nitrogens with one attached hydrogen (secondary N) is 2. The van der Waals surface area contributed by atoms with Crippen LogP contribution in [-0.4, -0.2) is 34.6 Å². The van der Waals surface area contributed by atoms with Crippen molar-refractivity contribution in [1.82, 2.24) is 15.5 Å². The molecule has 2 unspecified atom stereocenters. The summed E-state index contributed by atoms with van der Waals surface area (Å²) in [4.78, 5) is 50.4. The molecule has 0 aromatic heterocycles. The first kappa shape index (κ1) is 18.3. The first-order valence-corrected chi connectivity index (χ1v) is 10.6. The molecule has 7 nitrogen and oxygen atoms in total. The van der Waals surface area contributed by atoms with Crippen LogP contribution in [0.3, 0.4) is 0 Å². The Kier molecular flexibility index (Phi) is 4.41. The lowest BCUT2D eigenvalue weighted by Crippen LogP contribution is -2.52. The third-order valence-corrected chi connectivity index (χ3v) is 7.02. The number of nitrogens with zero attached hydrogens (tertiary/aromatic N) is 1. The molecule has 0 spiro atoms. The fraction of sp³-hybridized carbons (Fsp3) is 0.545. The first-order valence-electron chi connectivity index (χ1n) is 10.6. The maximum Gasteiger partial charge on any atom is 0.255 e. The molecule has 7 heteroatoms.